The van der Waals surface area contributed by atoms with Crippen LogP contribution in [0.4, 0.5) is 5.69 Å². The van der Waals surface area contributed by atoms with Crippen molar-refractivity contribution >= 4 is 50.1 Å². The Morgan fingerprint density at radius 2 is 1.70 bits per heavy atom. The van der Waals surface area contributed by atoms with Gasteiger partial charge in [-0.2, -0.15) is 8.42 Å². The van der Waals surface area contributed by atoms with Crippen molar-refractivity contribution in [3.63, 3.8) is 0 Å². The number of nitrogens with zero attached hydrogens (tertiary/aromatic N) is 3. The Morgan fingerprint density at radius 3 is 2.30 bits per heavy atom. The van der Waals surface area contributed by atoms with Gasteiger partial charge >= 0.3 is 0 Å². The topological polar surface area (TPSA) is 70.1 Å². The molecule has 1 aliphatic rings. The van der Waals surface area contributed by atoms with Crippen LogP contribution >= 0.6 is 23.4 Å². The summed E-state index contributed by atoms with van der Waals surface area (Å²) in [6, 6.07) is 14.5. The molecule has 0 aliphatic carbocycles. The van der Waals surface area contributed by atoms with Crippen molar-refractivity contribution in [2.24, 2.45) is 4.40 Å². The highest BCUT2D eigenvalue weighted by Crippen LogP contribution is 2.35. The number of sulfonamides is 1. The van der Waals surface area contributed by atoms with Crippen LogP contribution in [0, 0.1) is 0 Å². The van der Waals surface area contributed by atoms with E-state index in [2.05, 4.69) is 4.40 Å². The highest BCUT2D eigenvalue weighted by molar-refractivity contribution is 8.19. The van der Waals surface area contributed by atoms with E-state index in [-0.39, 0.29) is 16.0 Å². The maximum absolute atomic E-state index is 12.8. The zero-order valence-corrected chi connectivity index (χ0v) is 16.9. The first-order valence-electron chi connectivity index (χ1n) is 7.84. The summed E-state index contributed by atoms with van der Waals surface area (Å²) < 4.78 is 29.3. The average Bonchev–Trinajstić information content (AvgIpc) is 2.90. The number of carbonyl (C=O) groups excluding carboxylic acids is 1. The summed E-state index contributed by atoms with van der Waals surface area (Å²) in [7, 11) is -0.433. The van der Waals surface area contributed by atoms with Gasteiger partial charge in [0, 0.05) is 25.3 Å². The Labute approximate surface area is 167 Å². The van der Waals surface area contributed by atoms with Gasteiger partial charge in [0.25, 0.3) is 15.9 Å². The number of thioether (sulfide) groups is 1. The fourth-order valence-electron chi connectivity index (χ4n) is 2.33. The monoisotopic (exact) mass is 421 g/mol. The Bertz CT molecular complexity index is 1020. The van der Waals surface area contributed by atoms with Gasteiger partial charge in [-0.05, 0) is 48.2 Å². The van der Waals surface area contributed by atoms with Gasteiger partial charge in [-0.3, -0.25) is 9.69 Å². The zero-order valence-electron chi connectivity index (χ0n) is 14.5. The molecule has 1 heterocycles. The molecule has 1 amide bonds. The maximum atomic E-state index is 12.8. The molecule has 9 heteroatoms. The number of rotatable bonds is 4. The number of carbonyl (C=O) groups is 1. The van der Waals surface area contributed by atoms with Gasteiger partial charge in [0.1, 0.15) is 0 Å². The van der Waals surface area contributed by atoms with E-state index in [1.807, 2.05) is 6.07 Å². The molecule has 3 rings (SSSR count). The predicted octanol–water partition coefficient (Wildman–Crippen LogP) is 3.57. The lowest BCUT2D eigenvalue weighted by atomic mass is 10.3. The molecule has 2 aromatic rings. The average molecular weight is 422 g/mol. The molecule has 27 heavy (non-hydrogen) atoms. The van der Waals surface area contributed by atoms with Crippen LogP contribution in [0.1, 0.15) is 0 Å². The molecule has 6 nitrogen and oxygen atoms in total. The Kier molecular flexibility index (Phi) is 5.59. The third-order valence-electron chi connectivity index (χ3n) is 3.51. The number of anilines is 1. The van der Waals surface area contributed by atoms with Gasteiger partial charge in [0.05, 0.1) is 15.5 Å². The van der Waals surface area contributed by atoms with Crippen molar-refractivity contribution in [3.05, 3.63) is 70.7 Å². The Morgan fingerprint density at radius 1 is 1.07 bits per heavy atom. The first-order valence-corrected chi connectivity index (χ1v) is 10.5. The van der Waals surface area contributed by atoms with Crippen molar-refractivity contribution in [3.8, 4) is 0 Å². The van der Waals surface area contributed by atoms with E-state index >= 15 is 0 Å². The van der Waals surface area contributed by atoms with Crippen LogP contribution in [-0.4, -0.2) is 38.5 Å². The van der Waals surface area contributed by atoms with Gasteiger partial charge in [-0.15, -0.1) is 4.40 Å². The molecule has 140 valence electrons. The van der Waals surface area contributed by atoms with Gasteiger partial charge in [-0.1, -0.05) is 29.8 Å². The second-order valence-electron chi connectivity index (χ2n) is 5.84. The number of hydrogen-bond acceptors (Lipinski definition) is 5. The van der Waals surface area contributed by atoms with E-state index in [1.165, 1.54) is 29.2 Å². The summed E-state index contributed by atoms with van der Waals surface area (Å²) in [6.45, 7) is 0. The predicted molar refractivity (Wildman–Crippen MR) is 109 cm³/mol. The van der Waals surface area contributed by atoms with Crippen LogP contribution in [0.25, 0.3) is 0 Å². The molecule has 0 N–H and O–H groups in total. The number of halogens is 1. The quantitative estimate of drug-likeness (QED) is 0.706. The summed E-state index contributed by atoms with van der Waals surface area (Å²) >= 11 is 6.84. The van der Waals surface area contributed by atoms with E-state index in [1.54, 1.807) is 49.5 Å². The third kappa shape index (κ3) is 4.35. The molecule has 1 aliphatic heterocycles. The molecule has 0 saturated carbocycles. The summed E-state index contributed by atoms with van der Waals surface area (Å²) in [6.07, 6.45) is 1.64. The SMILES string of the molecule is CN(C)/C=C1/SC(=NS(=O)(=O)c2ccc(Cl)cc2)N(c2ccccc2)C1=O. The van der Waals surface area contributed by atoms with Crippen LogP contribution in [0.3, 0.4) is 0 Å². The molecular formula is C18H16ClN3O3S2. The van der Waals surface area contributed by atoms with Gasteiger partial charge < -0.3 is 4.90 Å². The smallest absolute Gasteiger partial charge is 0.284 e. The highest BCUT2D eigenvalue weighted by atomic mass is 35.5. The lowest BCUT2D eigenvalue weighted by Gasteiger charge is -2.15. The fraction of sp³-hybridized carbons (Fsp3) is 0.111. The summed E-state index contributed by atoms with van der Waals surface area (Å²) in [5, 5.41) is 0.503. The molecule has 0 atom stereocenters. The van der Waals surface area contributed by atoms with Crippen molar-refractivity contribution in [1.29, 1.82) is 0 Å². The lowest BCUT2D eigenvalue weighted by molar-refractivity contribution is -0.113. The molecule has 0 aromatic heterocycles. The zero-order chi connectivity index (χ0) is 19.6. The standard InChI is InChI=1S/C18H16ClN3O3S2/c1-21(2)12-16-17(23)22(14-6-4-3-5-7-14)18(26-16)20-27(24,25)15-10-8-13(19)9-11-15/h3-12H,1-2H3/b16-12+,20-18?. The van der Waals surface area contributed by atoms with Gasteiger partial charge in [0.15, 0.2) is 5.17 Å². The van der Waals surface area contributed by atoms with E-state index < -0.39 is 10.0 Å². The molecule has 1 fully saturated rings. The van der Waals surface area contributed by atoms with Crippen LogP contribution in [-0.2, 0) is 14.8 Å². The molecule has 0 radical (unpaired) electrons. The first-order chi connectivity index (χ1) is 12.8. The number of amides is 1. The number of amidine groups is 1. The van der Waals surface area contributed by atoms with Gasteiger partial charge in [0.2, 0.25) is 0 Å². The maximum Gasteiger partial charge on any atom is 0.284 e. The van der Waals surface area contributed by atoms with Crippen LogP contribution in [0.2, 0.25) is 5.02 Å². The molecular weight excluding hydrogens is 406 g/mol. The minimum Gasteiger partial charge on any atom is -0.382 e. The number of para-hydroxylation sites is 1. The van der Waals surface area contributed by atoms with Crippen molar-refractivity contribution in [2.75, 3.05) is 19.0 Å². The van der Waals surface area contributed by atoms with E-state index in [0.29, 0.717) is 15.6 Å². The van der Waals surface area contributed by atoms with Crippen molar-refractivity contribution < 1.29 is 13.2 Å². The fourth-order valence-corrected chi connectivity index (χ4v) is 4.69. The largest absolute Gasteiger partial charge is 0.382 e. The van der Waals surface area contributed by atoms with E-state index in [4.69, 9.17) is 11.6 Å². The molecule has 1 saturated heterocycles. The first kappa shape index (κ1) is 19.5. The lowest BCUT2D eigenvalue weighted by Crippen LogP contribution is -2.29. The summed E-state index contributed by atoms with van der Waals surface area (Å²) in [5.74, 6) is -0.329. The van der Waals surface area contributed by atoms with Crippen LogP contribution in [0.5, 0.6) is 0 Å². The molecule has 2 aromatic carbocycles. The third-order valence-corrected chi connectivity index (χ3v) is 6.11. The van der Waals surface area contributed by atoms with E-state index in [9.17, 15) is 13.2 Å². The minimum atomic E-state index is -4.00. The summed E-state index contributed by atoms with van der Waals surface area (Å²) in [5.41, 5.74) is 0.544. The highest BCUT2D eigenvalue weighted by Gasteiger charge is 2.36. The summed E-state index contributed by atoms with van der Waals surface area (Å²) in [4.78, 5) is 16.2. The molecule has 0 bridgehead atoms. The van der Waals surface area contributed by atoms with E-state index in [0.717, 1.165) is 11.8 Å². The Hall–Kier alpha value is -2.29. The normalized spacial score (nSPS) is 17.7. The molecule has 0 spiro atoms. The van der Waals surface area contributed by atoms with Gasteiger partial charge in [-0.25, -0.2) is 0 Å². The molecule has 0 unspecified atom stereocenters. The van der Waals surface area contributed by atoms with Crippen LogP contribution in [0.15, 0.2) is 75.0 Å². The number of hydrogen-bond donors (Lipinski definition) is 0. The second-order valence-corrected chi connectivity index (χ2v) is 8.89. The second kappa shape index (κ2) is 7.75. The van der Waals surface area contributed by atoms with Crippen LogP contribution < -0.4 is 4.90 Å². The minimum absolute atomic E-state index is 0.00509. The number of benzene rings is 2. The Balaban J connectivity index is 2.08. The van der Waals surface area contributed by atoms with Crippen molar-refractivity contribution in [1.82, 2.24) is 4.90 Å². The van der Waals surface area contributed by atoms with Crippen molar-refractivity contribution in [2.45, 2.75) is 4.90 Å².